The zero-order chi connectivity index (χ0) is 9.80. The lowest BCUT2D eigenvalue weighted by Crippen LogP contribution is -1.83. The van der Waals surface area contributed by atoms with E-state index in [9.17, 15) is 0 Å². The van der Waals surface area contributed by atoms with Crippen molar-refractivity contribution < 1.29 is 0 Å². The SMILES string of the molecule is N#Cc1cc(-c2[c]cccc2)ccn1. The Bertz CT molecular complexity index is 469. The van der Waals surface area contributed by atoms with Gasteiger partial charge in [-0.1, -0.05) is 24.3 Å². The molecule has 2 heteroatoms. The van der Waals surface area contributed by atoms with E-state index in [0.29, 0.717) is 5.69 Å². The maximum absolute atomic E-state index is 8.69. The van der Waals surface area contributed by atoms with Gasteiger partial charge in [-0.25, -0.2) is 4.98 Å². The van der Waals surface area contributed by atoms with Gasteiger partial charge in [-0.05, 0) is 29.3 Å². The summed E-state index contributed by atoms with van der Waals surface area (Å²) >= 11 is 0. The Morgan fingerprint density at radius 3 is 2.93 bits per heavy atom. The third-order valence-corrected chi connectivity index (χ3v) is 1.89. The van der Waals surface area contributed by atoms with Gasteiger partial charge in [0.2, 0.25) is 0 Å². The molecule has 0 aliphatic rings. The van der Waals surface area contributed by atoms with Crippen LogP contribution in [0.4, 0.5) is 0 Å². The summed E-state index contributed by atoms with van der Waals surface area (Å²) in [6.07, 6.45) is 1.63. The molecular formula is C12H7N2. The van der Waals surface area contributed by atoms with Crippen LogP contribution in [0.15, 0.2) is 42.6 Å². The number of rotatable bonds is 1. The predicted octanol–water partition coefficient (Wildman–Crippen LogP) is 2.42. The molecule has 65 valence electrons. The van der Waals surface area contributed by atoms with Crippen molar-refractivity contribution in [2.75, 3.05) is 0 Å². The quantitative estimate of drug-likeness (QED) is 0.674. The fourth-order valence-electron chi connectivity index (χ4n) is 1.23. The minimum Gasteiger partial charge on any atom is -0.246 e. The smallest absolute Gasteiger partial charge is 0.141 e. The van der Waals surface area contributed by atoms with Gasteiger partial charge >= 0.3 is 0 Å². The Balaban J connectivity index is 2.49. The molecule has 0 saturated carbocycles. The number of benzene rings is 1. The van der Waals surface area contributed by atoms with Crippen molar-refractivity contribution in [1.29, 1.82) is 5.26 Å². The third-order valence-electron chi connectivity index (χ3n) is 1.89. The van der Waals surface area contributed by atoms with Crippen molar-refractivity contribution in [3.8, 4) is 17.2 Å². The van der Waals surface area contributed by atoms with Gasteiger partial charge in [-0.3, -0.25) is 0 Å². The van der Waals surface area contributed by atoms with E-state index in [0.717, 1.165) is 11.1 Å². The maximum Gasteiger partial charge on any atom is 0.141 e. The van der Waals surface area contributed by atoms with Crippen LogP contribution in [-0.2, 0) is 0 Å². The Morgan fingerprint density at radius 2 is 2.21 bits per heavy atom. The number of nitrogens with zero attached hydrogens (tertiary/aromatic N) is 2. The number of aromatic nitrogens is 1. The molecule has 0 bridgehead atoms. The molecule has 0 aliphatic heterocycles. The van der Waals surface area contributed by atoms with E-state index in [-0.39, 0.29) is 0 Å². The summed E-state index contributed by atoms with van der Waals surface area (Å²) in [7, 11) is 0. The molecule has 0 N–H and O–H groups in total. The van der Waals surface area contributed by atoms with Crippen LogP contribution in [-0.4, -0.2) is 4.98 Å². The average Bonchev–Trinajstić information content (AvgIpc) is 2.30. The highest BCUT2D eigenvalue weighted by Crippen LogP contribution is 2.17. The van der Waals surface area contributed by atoms with Crippen LogP contribution >= 0.6 is 0 Å². The summed E-state index contributed by atoms with van der Waals surface area (Å²) in [6.45, 7) is 0. The Hall–Kier alpha value is -2.14. The lowest BCUT2D eigenvalue weighted by molar-refractivity contribution is 1.26. The summed E-state index contributed by atoms with van der Waals surface area (Å²) in [5.41, 5.74) is 2.38. The first-order chi connectivity index (χ1) is 6.90. The standard InChI is InChI=1S/C12H7N2/c13-9-12-8-11(6-7-14-12)10-4-2-1-3-5-10/h1-4,6-8H. The van der Waals surface area contributed by atoms with Crippen molar-refractivity contribution in [3.05, 3.63) is 54.4 Å². The van der Waals surface area contributed by atoms with Crippen molar-refractivity contribution >= 4 is 0 Å². The minimum absolute atomic E-state index is 0.430. The molecule has 2 nitrogen and oxygen atoms in total. The summed E-state index contributed by atoms with van der Waals surface area (Å²) in [6, 6.07) is 16.4. The first-order valence-corrected chi connectivity index (χ1v) is 4.23. The normalized spacial score (nSPS) is 9.36. The van der Waals surface area contributed by atoms with Crippen LogP contribution < -0.4 is 0 Å². The topological polar surface area (TPSA) is 36.7 Å². The second kappa shape index (κ2) is 3.71. The molecule has 14 heavy (non-hydrogen) atoms. The molecule has 2 aromatic rings. The van der Waals surface area contributed by atoms with Gasteiger partial charge in [0.1, 0.15) is 11.8 Å². The van der Waals surface area contributed by atoms with E-state index in [1.54, 1.807) is 12.3 Å². The second-order valence-corrected chi connectivity index (χ2v) is 2.82. The van der Waals surface area contributed by atoms with Crippen molar-refractivity contribution in [2.45, 2.75) is 0 Å². The third kappa shape index (κ3) is 1.62. The molecule has 0 saturated heterocycles. The predicted molar refractivity (Wildman–Crippen MR) is 53.2 cm³/mol. The Labute approximate surface area is 82.5 Å². The summed E-state index contributed by atoms with van der Waals surface area (Å²) < 4.78 is 0. The molecule has 0 amide bonds. The molecule has 0 atom stereocenters. The lowest BCUT2D eigenvalue weighted by Gasteiger charge is -1.99. The number of hydrogen-bond donors (Lipinski definition) is 0. The number of hydrogen-bond acceptors (Lipinski definition) is 2. The second-order valence-electron chi connectivity index (χ2n) is 2.82. The fourth-order valence-corrected chi connectivity index (χ4v) is 1.23. The summed E-state index contributed by atoms with van der Waals surface area (Å²) in [5, 5.41) is 8.69. The van der Waals surface area contributed by atoms with Gasteiger partial charge < -0.3 is 0 Å². The molecule has 1 aromatic heterocycles. The van der Waals surface area contributed by atoms with Crippen LogP contribution in [0.3, 0.4) is 0 Å². The average molecular weight is 179 g/mol. The van der Waals surface area contributed by atoms with Crippen LogP contribution in [0.5, 0.6) is 0 Å². The van der Waals surface area contributed by atoms with E-state index in [4.69, 9.17) is 5.26 Å². The molecular weight excluding hydrogens is 172 g/mol. The van der Waals surface area contributed by atoms with Gasteiger partial charge in [0, 0.05) is 6.20 Å². The minimum atomic E-state index is 0.430. The van der Waals surface area contributed by atoms with Crippen molar-refractivity contribution in [2.24, 2.45) is 0 Å². The maximum atomic E-state index is 8.69. The highest BCUT2D eigenvalue weighted by Gasteiger charge is 1.98. The molecule has 2 rings (SSSR count). The fraction of sp³-hybridized carbons (Fsp3) is 0. The van der Waals surface area contributed by atoms with E-state index in [1.165, 1.54) is 0 Å². The number of pyridine rings is 1. The molecule has 1 aromatic carbocycles. The number of nitriles is 1. The highest BCUT2D eigenvalue weighted by molar-refractivity contribution is 5.63. The van der Waals surface area contributed by atoms with E-state index >= 15 is 0 Å². The van der Waals surface area contributed by atoms with Crippen LogP contribution in [0.25, 0.3) is 11.1 Å². The zero-order valence-electron chi connectivity index (χ0n) is 7.44. The van der Waals surface area contributed by atoms with Crippen molar-refractivity contribution in [1.82, 2.24) is 4.98 Å². The molecule has 0 aliphatic carbocycles. The molecule has 1 heterocycles. The zero-order valence-corrected chi connectivity index (χ0v) is 7.44. The molecule has 1 radical (unpaired) electrons. The van der Waals surface area contributed by atoms with Gasteiger partial charge in [-0.15, -0.1) is 0 Å². The first kappa shape index (κ1) is 8.46. The van der Waals surface area contributed by atoms with E-state index < -0.39 is 0 Å². The van der Waals surface area contributed by atoms with Gasteiger partial charge in [0.15, 0.2) is 0 Å². The largest absolute Gasteiger partial charge is 0.246 e. The molecule has 0 fully saturated rings. The highest BCUT2D eigenvalue weighted by atomic mass is 14.7. The van der Waals surface area contributed by atoms with Crippen LogP contribution in [0, 0.1) is 17.4 Å². The Morgan fingerprint density at radius 1 is 1.29 bits per heavy atom. The van der Waals surface area contributed by atoms with Gasteiger partial charge in [-0.2, -0.15) is 5.26 Å². The summed E-state index contributed by atoms with van der Waals surface area (Å²) in [5.74, 6) is 0. The van der Waals surface area contributed by atoms with Crippen LogP contribution in [0.1, 0.15) is 5.69 Å². The van der Waals surface area contributed by atoms with Crippen LogP contribution in [0.2, 0.25) is 0 Å². The van der Waals surface area contributed by atoms with E-state index in [2.05, 4.69) is 11.1 Å². The first-order valence-electron chi connectivity index (χ1n) is 4.23. The monoisotopic (exact) mass is 179 g/mol. The lowest BCUT2D eigenvalue weighted by atomic mass is 10.1. The summed E-state index contributed by atoms with van der Waals surface area (Å²) in [4.78, 5) is 3.91. The molecule has 0 unspecified atom stereocenters. The molecule has 0 spiro atoms. The van der Waals surface area contributed by atoms with E-state index in [1.807, 2.05) is 36.4 Å². The van der Waals surface area contributed by atoms with Gasteiger partial charge in [0.25, 0.3) is 0 Å². The van der Waals surface area contributed by atoms with Gasteiger partial charge in [0.05, 0.1) is 0 Å². The Kier molecular flexibility index (Phi) is 2.24. The van der Waals surface area contributed by atoms with Crippen molar-refractivity contribution in [3.63, 3.8) is 0 Å².